The predicted octanol–water partition coefficient (Wildman–Crippen LogP) is 3.53. The molecule has 2 aromatic rings. The van der Waals surface area contributed by atoms with Crippen LogP contribution in [0.5, 0.6) is 0 Å². The fraction of sp³-hybridized carbons (Fsp3) is 0.478. The Bertz CT molecular complexity index is 1030. The van der Waals surface area contributed by atoms with Gasteiger partial charge in [-0.3, -0.25) is 9.78 Å². The topological polar surface area (TPSA) is 88.9 Å². The number of hydrogen-bond donors (Lipinski definition) is 2. The lowest BCUT2D eigenvalue weighted by Crippen LogP contribution is -2.49. The highest BCUT2D eigenvalue weighted by Gasteiger charge is 2.29. The number of carbonyl (C=O) groups excluding carboxylic acids is 2. The third-order valence-corrected chi connectivity index (χ3v) is 6.41. The van der Waals surface area contributed by atoms with E-state index in [1.54, 1.807) is 9.80 Å². The zero-order valence-corrected chi connectivity index (χ0v) is 18.8. The van der Waals surface area contributed by atoms with E-state index in [1.165, 1.54) is 6.20 Å². The smallest absolute Gasteiger partial charge is 0.319 e. The Labute approximate surface area is 188 Å². The van der Waals surface area contributed by atoms with Crippen LogP contribution in [0.3, 0.4) is 0 Å². The van der Waals surface area contributed by atoms with Gasteiger partial charge in [0.2, 0.25) is 5.82 Å². The van der Waals surface area contributed by atoms with Crippen molar-refractivity contribution in [1.82, 2.24) is 19.8 Å². The highest BCUT2D eigenvalue weighted by molar-refractivity contribution is 6.04. The van der Waals surface area contributed by atoms with Crippen LogP contribution in [-0.4, -0.2) is 72.0 Å². The normalized spacial score (nSPS) is 18.1. The van der Waals surface area contributed by atoms with Gasteiger partial charge in [0.15, 0.2) is 0 Å². The molecule has 32 heavy (non-hydrogen) atoms. The van der Waals surface area contributed by atoms with Crippen LogP contribution < -0.4 is 10.2 Å². The molecule has 9 nitrogen and oxygen atoms in total. The van der Waals surface area contributed by atoms with Gasteiger partial charge in [-0.15, -0.1) is 0 Å². The van der Waals surface area contributed by atoms with E-state index in [0.717, 1.165) is 42.9 Å². The summed E-state index contributed by atoms with van der Waals surface area (Å²) in [6.45, 7) is 12.5. The molecule has 2 aliphatic rings. The maximum Gasteiger partial charge on any atom is 0.319 e. The van der Waals surface area contributed by atoms with Crippen LogP contribution in [-0.2, 0) is 0 Å². The molecule has 0 saturated carbocycles. The fourth-order valence-electron chi connectivity index (χ4n) is 4.46. The summed E-state index contributed by atoms with van der Waals surface area (Å²) in [5.74, 6) is 0.862. The fourth-order valence-corrected chi connectivity index (χ4v) is 4.46. The van der Waals surface area contributed by atoms with Crippen molar-refractivity contribution in [3.8, 4) is 0 Å². The third-order valence-electron chi connectivity index (χ3n) is 6.41. The number of nitrogens with one attached hydrogen (secondary N) is 2. The molecule has 3 heterocycles. The van der Waals surface area contributed by atoms with Gasteiger partial charge in [-0.1, -0.05) is 19.6 Å². The number of aromatic nitrogens is 2. The summed E-state index contributed by atoms with van der Waals surface area (Å²) in [4.78, 5) is 40.7. The zero-order chi connectivity index (χ0) is 22.8. The number of piperidine rings is 1. The second-order valence-electron chi connectivity index (χ2n) is 8.87. The number of H-pyrrole nitrogens is 1. The minimum Gasteiger partial charge on any atom is -0.370 e. The number of rotatable bonds is 4. The van der Waals surface area contributed by atoms with E-state index in [2.05, 4.69) is 38.0 Å². The van der Waals surface area contributed by atoms with Gasteiger partial charge < -0.3 is 24.9 Å². The molecule has 1 aromatic carbocycles. The van der Waals surface area contributed by atoms with E-state index < -0.39 is 0 Å². The number of amides is 3. The van der Waals surface area contributed by atoms with E-state index in [4.69, 9.17) is 6.57 Å². The van der Waals surface area contributed by atoms with Gasteiger partial charge in [0.25, 0.3) is 5.82 Å². The number of imidazole rings is 1. The number of nitrogens with zero attached hydrogens (tertiary/aromatic N) is 5. The van der Waals surface area contributed by atoms with Crippen LogP contribution in [0.4, 0.5) is 22.0 Å². The molecule has 3 amide bonds. The minimum absolute atomic E-state index is 0.0348. The molecule has 0 radical (unpaired) electrons. The molecule has 2 saturated heterocycles. The van der Waals surface area contributed by atoms with Gasteiger partial charge in [0.1, 0.15) is 0 Å². The highest BCUT2D eigenvalue weighted by Crippen LogP contribution is 2.34. The molecule has 2 fully saturated rings. The number of hydrogen-bond acceptors (Lipinski definition) is 4. The number of carbonyl (C=O) groups is 2. The zero-order valence-electron chi connectivity index (χ0n) is 18.8. The summed E-state index contributed by atoms with van der Waals surface area (Å²) in [5, 5.41) is 2.98. The maximum absolute atomic E-state index is 12.8. The average Bonchev–Trinajstić information content (AvgIpc) is 3.27. The first-order valence-corrected chi connectivity index (χ1v) is 10.9. The summed E-state index contributed by atoms with van der Waals surface area (Å²) < 4.78 is 0. The highest BCUT2D eigenvalue weighted by atomic mass is 16.2. The van der Waals surface area contributed by atoms with Crippen molar-refractivity contribution in [3.05, 3.63) is 47.2 Å². The maximum atomic E-state index is 12.8. The lowest BCUT2D eigenvalue weighted by molar-refractivity contribution is 0.101. The Morgan fingerprint density at radius 2 is 1.91 bits per heavy atom. The Kier molecular flexibility index (Phi) is 6.04. The molecule has 0 aliphatic carbocycles. The second kappa shape index (κ2) is 8.91. The summed E-state index contributed by atoms with van der Waals surface area (Å²) >= 11 is 0. The molecule has 2 N–H and O–H groups in total. The van der Waals surface area contributed by atoms with Gasteiger partial charge in [0, 0.05) is 46.2 Å². The molecule has 0 unspecified atom stereocenters. The van der Waals surface area contributed by atoms with Gasteiger partial charge in [-0.05, 0) is 36.5 Å². The minimum atomic E-state index is -0.373. The molecular weight excluding hydrogens is 406 g/mol. The van der Waals surface area contributed by atoms with Crippen molar-refractivity contribution in [2.24, 2.45) is 5.92 Å². The average molecular weight is 436 g/mol. The first-order valence-electron chi connectivity index (χ1n) is 10.9. The predicted molar refractivity (Wildman–Crippen MR) is 123 cm³/mol. The Hall–Kier alpha value is -3.54. The summed E-state index contributed by atoms with van der Waals surface area (Å²) in [7, 11) is 3.65. The van der Waals surface area contributed by atoms with Crippen molar-refractivity contribution < 1.29 is 9.59 Å². The lowest BCUT2D eigenvalue weighted by atomic mass is 9.94. The van der Waals surface area contributed by atoms with Gasteiger partial charge in [-0.2, -0.15) is 0 Å². The summed E-state index contributed by atoms with van der Waals surface area (Å²) in [5.41, 5.74) is 2.86. The van der Waals surface area contributed by atoms with Crippen LogP contribution >= 0.6 is 0 Å². The third kappa shape index (κ3) is 4.40. The molecule has 0 bridgehead atoms. The van der Waals surface area contributed by atoms with E-state index >= 15 is 0 Å². The largest absolute Gasteiger partial charge is 0.370 e. The molecule has 4 rings (SSSR count). The van der Waals surface area contributed by atoms with Crippen molar-refractivity contribution in [1.29, 1.82) is 0 Å². The Morgan fingerprint density at radius 3 is 2.53 bits per heavy atom. The number of anilines is 2. The SMILES string of the molecule is [C-]#[N+]c1cnc(C(=O)Nc2ccc(C3CN(C)C(=O)N(C)C3)cc2N2CCC(C)CC2)[nH]1. The second-order valence-corrected chi connectivity index (χ2v) is 8.87. The Balaban J connectivity index is 1.62. The monoisotopic (exact) mass is 435 g/mol. The number of urea groups is 1. The van der Waals surface area contributed by atoms with Crippen molar-refractivity contribution in [2.75, 3.05) is 50.5 Å². The molecule has 9 heteroatoms. The van der Waals surface area contributed by atoms with Crippen molar-refractivity contribution in [2.45, 2.75) is 25.7 Å². The van der Waals surface area contributed by atoms with Crippen molar-refractivity contribution in [3.63, 3.8) is 0 Å². The quantitative estimate of drug-likeness (QED) is 0.719. The van der Waals surface area contributed by atoms with Gasteiger partial charge in [-0.25, -0.2) is 9.78 Å². The molecule has 0 spiro atoms. The first kappa shape index (κ1) is 21.7. The van der Waals surface area contributed by atoms with Gasteiger partial charge >= 0.3 is 11.9 Å². The molecule has 0 atom stereocenters. The number of benzene rings is 1. The standard InChI is InChI=1S/C23H29N7O2/c1-15-7-9-30(10-8-15)19-11-16(17-13-28(3)23(32)29(4)14-17)5-6-18(19)26-22(31)21-25-12-20(24-2)27-21/h5-6,11-12,15,17H,7-10,13-14H2,1,3-4H3,(H,25,27)(H,26,31). The van der Waals surface area contributed by atoms with Crippen molar-refractivity contribution >= 4 is 29.1 Å². The van der Waals surface area contributed by atoms with E-state index in [-0.39, 0.29) is 29.5 Å². The molecule has 2 aliphatic heterocycles. The van der Waals surface area contributed by atoms with E-state index in [0.29, 0.717) is 19.0 Å². The Morgan fingerprint density at radius 1 is 1.22 bits per heavy atom. The lowest BCUT2D eigenvalue weighted by Gasteiger charge is -2.37. The number of aromatic amines is 1. The van der Waals surface area contributed by atoms with Gasteiger partial charge in [0.05, 0.1) is 17.6 Å². The van der Waals surface area contributed by atoms with Crippen LogP contribution in [0.2, 0.25) is 0 Å². The summed E-state index contributed by atoms with van der Waals surface area (Å²) in [6, 6.07) is 6.16. The van der Waals surface area contributed by atoms with E-state index in [9.17, 15) is 9.59 Å². The molecule has 1 aromatic heterocycles. The van der Waals surface area contributed by atoms with Crippen LogP contribution in [0.1, 0.15) is 41.9 Å². The first-order chi connectivity index (χ1) is 15.4. The molecule has 168 valence electrons. The van der Waals surface area contributed by atoms with Crippen LogP contribution in [0, 0.1) is 12.5 Å². The van der Waals surface area contributed by atoms with Crippen LogP contribution in [0.15, 0.2) is 24.4 Å². The number of likely N-dealkylation sites (N-methyl/N-ethyl adjacent to an activating group) is 2. The summed E-state index contributed by atoms with van der Waals surface area (Å²) in [6.07, 6.45) is 3.57. The van der Waals surface area contributed by atoms with Crippen LogP contribution in [0.25, 0.3) is 4.85 Å². The van der Waals surface area contributed by atoms with E-state index in [1.807, 2.05) is 26.2 Å². The molecular formula is C23H29N7O2.